The first-order chi connectivity index (χ1) is 15.4. The molecule has 2 heterocycles. The molecule has 1 aliphatic heterocycles. The van der Waals surface area contributed by atoms with Gasteiger partial charge in [-0.25, -0.2) is 4.79 Å². The minimum Gasteiger partial charge on any atom is -0.478 e. The second-order valence-corrected chi connectivity index (χ2v) is 8.54. The monoisotopic (exact) mass is 449 g/mol. The number of ether oxygens (including phenoxy) is 1. The van der Waals surface area contributed by atoms with E-state index in [2.05, 4.69) is 11.4 Å². The maximum Gasteiger partial charge on any atom is 0.337 e. The number of hydrogen-bond acceptors (Lipinski definition) is 5. The largest absolute Gasteiger partial charge is 0.478 e. The zero-order chi connectivity index (χ0) is 22.8. The van der Waals surface area contributed by atoms with E-state index in [9.17, 15) is 15.2 Å². The van der Waals surface area contributed by atoms with Crippen LogP contribution in [0, 0.1) is 18.3 Å². The number of benzene rings is 2. The second-order valence-electron chi connectivity index (χ2n) is 8.10. The number of anilines is 1. The lowest BCUT2D eigenvalue weighted by atomic mass is 9.89. The fraction of sp³-hybridized carbons (Fsp3) is 0.320. The van der Waals surface area contributed by atoms with Gasteiger partial charge in [0.05, 0.1) is 22.7 Å². The molecule has 1 aliphatic rings. The predicted molar refractivity (Wildman–Crippen MR) is 124 cm³/mol. The fourth-order valence-electron chi connectivity index (χ4n) is 4.42. The SMILES string of the molecule is Cc1c(C2CCOCC2)nc2c([C@H](C)Nc3ccccc3C(=O)O)cc(Cl)cc2c1C#N. The van der Waals surface area contributed by atoms with Gasteiger partial charge in [0.25, 0.3) is 0 Å². The van der Waals surface area contributed by atoms with Crippen molar-refractivity contribution in [3.63, 3.8) is 0 Å². The van der Waals surface area contributed by atoms with E-state index in [1.165, 1.54) is 0 Å². The number of pyridine rings is 1. The molecule has 4 rings (SSSR count). The Morgan fingerprint density at radius 2 is 2.03 bits per heavy atom. The van der Waals surface area contributed by atoms with Gasteiger partial charge in [-0.1, -0.05) is 23.7 Å². The van der Waals surface area contributed by atoms with Gasteiger partial charge in [0.15, 0.2) is 0 Å². The fourth-order valence-corrected chi connectivity index (χ4v) is 4.65. The standard InChI is InChI=1S/C25H24ClN3O3/c1-14-21(13-27)20-12-17(26)11-19(24(20)29-23(14)16-7-9-32-10-8-16)15(2)28-22-6-4-3-5-18(22)25(30)31/h3-6,11-12,15-16,28H,7-10H2,1-2H3,(H,30,31)/t15-/m0/s1. The number of carboxylic acid groups (broad SMARTS) is 1. The normalized spacial score (nSPS) is 15.3. The zero-order valence-electron chi connectivity index (χ0n) is 18.0. The van der Waals surface area contributed by atoms with Crippen LogP contribution in [0.1, 0.15) is 64.5 Å². The number of carboxylic acids is 1. The van der Waals surface area contributed by atoms with E-state index in [4.69, 9.17) is 21.3 Å². The van der Waals surface area contributed by atoms with Gasteiger partial charge < -0.3 is 15.2 Å². The summed E-state index contributed by atoms with van der Waals surface area (Å²) < 4.78 is 5.51. The third kappa shape index (κ3) is 4.14. The van der Waals surface area contributed by atoms with E-state index in [-0.39, 0.29) is 17.5 Å². The molecule has 0 aliphatic carbocycles. The summed E-state index contributed by atoms with van der Waals surface area (Å²) in [6.45, 7) is 5.25. The molecule has 1 atom stereocenters. The number of aromatic carboxylic acids is 1. The van der Waals surface area contributed by atoms with Crippen LogP contribution in [0.4, 0.5) is 5.69 Å². The highest BCUT2D eigenvalue weighted by Crippen LogP contribution is 2.37. The van der Waals surface area contributed by atoms with Crippen LogP contribution < -0.4 is 5.32 Å². The molecule has 1 fully saturated rings. The second kappa shape index (κ2) is 9.15. The first-order valence-corrected chi connectivity index (χ1v) is 11.0. The molecule has 0 bridgehead atoms. The highest BCUT2D eigenvalue weighted by Gasteiger charge is 2.24. The van der Waals surface area contributed by atoms with Gasteiger partial charge in [-0.3, -0.25) is 4.98 Å². The van der Waals surface area contributed by atoms with Gasteiger partial charge in [-0.2, -0.15) is 5.26 Å². The number of para-hydroxylation sites is 1. The van der Waals surface area contributed by atoms with Gasteiger partial charge in [0, 0.05) is 46.5 Å². The molecule has 6 nitrogen and oxygen atoms in total. The Hall–Kier alpha value is -3.14. The lowest BCUT2D eigenvalue weighted by molar-refractivity contribution is 0.0698. The summed E-state index contributed by atoms with van der Waals surface area (Å²) >= 11 is 6.45. The summed E-state index contributed by atoms with van der Waals surface area (Å²) in [6.07, 6.45) is 1.74. The van der Waals surface area contributed by atoms with Crippen molar-refractivity contribution in [1.82, 2.24) is 4.98 Å². The van der Waals surface area contributed by atoms with Crippen LogP contribution in [0.15, 0.2) is 36.4 Å². The number of rotatable bonds is 5. The number of fused-ring (bicyclic) bond motifs is 1. The van der Waals surface area contributed by atoms with Crippen molar-refractivity contribution in [2.24, 2.45) is 0 Å². The Bertz CT molecular complexity index is 1230. The summed E-state index contributed by atoms with van der Waals surface area (Å²) in [6, 6.07) is 12.5. The minimum atomic E-state index is -1.00. The zero-order valence-corrected chi connectivity index (χ0v) is 18.7. The lowest BCUT2D eigenvalue weighted by Gasteiger charge is -2.25. The molecule has 2 aromatic carbocycles. The Kier molecular flexibility index (Phi) is 6.31. The van der Waals surface area contributed by atoms with Crippen molar-refractivity contribution >= 4 is 34.2 Å². The van der Waals surface area contributed by atoms with Gasteiger partial charge in [-0.05, 0) is 56.5 Å². The number of nitriles is 1. The highest BCUT2D eigenvalue weighted by molar-refractivity contribution is 6.31. The number of hydrogen-bond donors (Lipinski definition) is 2. The van der Waals surface area contributed by atoms with Gasteiger partial charge in [-0.15, -0.1) is 0 Å². The third-order valence-corrected chi connectivity index (χ3v) is 6.30. The van der Waals surface area contributed by atoms with Gasteiger partial charge in [0.1, 0.15) is 6.07 Å². The minimum absolute atomic E-state index is 0.190. The molecule has 3 aromatic rings. The van der Waals surface area contributed by atoms with Crippen LogP contribution in [-0.4, -0.2) is 29.3 Å². The summed E-state index contributed by atoms with van der Waals surface area (Å²) in [5.41, 5.74) is 4.63. The molecular formula is C25H24ClN3O3. The quantitative estimate of drug-likeness (QED) is 0.508. The lowest BCUT2D eigenvalue weighted by Crippen LogP contribution is -2.17. The van der Waals surface area contributed by atoms with E-state index in [0.29, 0.717) is 40.4 Å². The maximum atomic E-state index is 11.6. The van der Waals surface area contributed by atoms with Gasteiger partial charge in [0.2, 0.25) is 0 Å². The van der Waals surface area contributed by atoms with Crippen molar-refractivity contribution in [3.8, 4) is 6.07 Å². The first-order valence-electron chi connectivity index (χ1n) is 10.6. The molecular weight excluding hydrogens is 426 g/mol. The molecule has 164 valence electrons. The Morgan fingerprint density at radius 3 is 2.72 bits per heavy atom. The van der Waals surface area contributed by atoms with Crippen LogP contribution in [0.5, 0.6) is 0 Å². The molecule has 0 radical (unpaired) electrons. The van der Waals surface area contributed by atoms with E-state index in [1.807, 2.05) is 19.9 Å². The first kappa shape index (κ1) is 22.1. The van der Waals surface area contributed by atoms with Crippen molar-refractivity contribution in [1.29, 1.82) is 5.26 Å². The van der Waals surface area contributed by atoms with E-state index < -0.39 is 5.97 Å². The molecule has 1 saturated heterocycles. The van der Waals surface area contributed by atoms with Crippen molar-refractivity contribution in [2.45, 2.75) is 38.6 Å². The summed E-state index contributed by atoms with van der Waals surface area (Å²) in [7, 11) is 0. The van der Waals surface area contributed by atoms with Crippen LogP contribution in [0.3, 0.4) is 0 Å². The van der Waals surface area contributed by atoms with Crippen molar-refractivity contribution in [2.75, 3.05) is 18.5 Å². The molecule has 0 amide bonds. The number of nitrogens with one attached hydrogen (secondary N) is 1. The van der Waals surface area contributed by atoms with Crippen molar-refractivity contribution in [3.05, 3.63) is 69.4 Å². The number of halogens is 1. The predicted octanol–water partition coefficient (Wildman–Crippen LogP) is 5.83. The van der Waals surface area contributed by atoms with E-state index in [1.54, 1.807) is 30.3 Å². The average Bonchev–Trinajstić information content (AvgIpc) is 2.79. The van der Waals surface area contributed by atoms with Crippen LogP contribution >= 0.6 is 11.6 Å². The van der Waals surface area contributed by atoms with Crippen LogP contribution in [0.2, 0.25) is 5.02 Å². The van der Waals surface area contributed by atoms with Crippen molar-refractivity contribution < 1.29 is 14.6 Å². The molecule has 7 heteroatoms. The molecule has 32 heavy (non-hydrogen) atoms. The summed E-state index contributed by atoms with van der Waals surface area (Å²) in [4.78, 5) is 16.7. The van der Waals surface area contributed by atoms with Crippen LogP contribution in [0.25, 0.3) is 10.9 Å². The Balaban J connectivity index is 1.86. The smallest absolute Gasteiger partial charge is 0.337 e. The summed E-state index contributed by atoms with van der Waals surface area (Å²) in [5.74, 6) is -0.765. The summed E-state index contributed by atoms with van der Waals surface area (Å²) in [5, 5.41) is 24.0. The Labute approximate surface area is 191 Å². The van der Waals surface area contributed by atoms with E-state index >= 15 is 0 Å². The average molecular weight is 450 g/mol. The molecule has 0 saturated carbocycles. The number of nitrogens with zero attached hydrogens (tertiary/aromatic N) is 2. The Morgan fingerprint density at radius 1 is 1.31 bits per heavy atom. The topological polar surface area (TPSA) is 95.2 Å². The number of carbonyl (C=O) groups is 1. The van der Waals surface area contributed by atoms with E-state index in [0.717, 1.165) is 29.7 Å². The highest BCUT2D eigenvalue weighted by atomic mass is 35.5. The van der Waals surface area contributed by atoms with Crippen LogP contribution in [-0.2, 0) is 4.74 Å². The molecule has 1 aromatic heterocycles. The molecule has 0 spiro atoms. The number of aromatic nitrogens is 1. The van der Waals surface area contributed by atoms with Gasteiger partial charge >= 0.3 is 5.97 Å². The maximum absolute atomic E-state index is 11.6. The molecule has 2 N–H and O–H groups in total. The molecule has 0 unspecified atom stereocenters. The third-order valence-electron chi connectivity index (χ3n) is 6.08.